The van der Waals surface area contributed by atoms with Crippen molar-refractivity contribution in [2.45, 2.75) is 43.9 Å². The van der Waals surface area contributed by atoms with E-state index in [1.54, 1.807) is 6.20 Å². The molecule has 6 heteroatoms. The first-order chi connectivity index (χ1) is 10.2. The fraction of sp³-hybridized carbons (Fsp3) is 0.600. The van der Waals surface area contributed by atoms with Gasteiger partial charge in [-0.3, -0.25) is 0 Å². The number of halogens is 2. The van der Waals surface area contributed by atoms with Gasteiger partial charge in [0.25, 0.3) is 0 Å². The van der Waals surface area contributed by atoms with E-state index in [4.69, 9.17) is 28.2 Å². The van der Waals surface area contributed by atoms with E-state index in [1.807, 2.05) is 6.07 Å². The van der Waals surface area contributed by atoms with Gasteiger partial charge in [0.1, 0.15) is 11.3 Å². The third kappa shape index (κ3) is 3.17. The molecule has 2 heterocycles. The maximum atomic E-state index is 6.04. The number of pyridine rings is 1. The Bertz CT molecular complexity index is 629. The Morgan fingerprint density at radius 1 is 1.43 bits per heavy atom. The van der Waals surface area contributed by atoms with Crippen molar-refractivity contribution in [3.8, 4) is 0 Å². The molecule has 1 aliphatic carbocycles. The average molecular weight is 344 g/mol. The maximum Gasteiger partial charge on any atom is 0.160 e. The number of fused-ring (bicyclic) bond motifs is 1. The Labute approximate surface area is 139 Å². The molecule has 0 saturated heterocycles. The van der Waals surface area contributed by atoms with Crippen molar-refractivity contribution in [3.63, 3.8) is 0 Å². The number of nitrogens with zero attached hydrogens (tertiary/aromatic N) is 3. The summed E-state index contributed by atoms with van der Waals surface area (Å²) < 4.78 is 2.31. The van der Waals surface area contributed by atoms with Gasteiger partial charge in [-0.05, 0) is 31.1 Å². The lowest BCUT2D eigenvalue weighted by atomic mass is 10.2. The average Bonchev–Trinajstić information content (AvgIpc) is 3.03. The molecule has 1 aliphatic rings. The summed E-state index contributed by atoms with van der Waals surface area (Å²) in [6.45, 7) is 2.23. The predicted octanol–water partition coefficient (Wildman–Crippen LogP) is 4.71. The molecule has 0 radical (unpaired) electrons. The second-order valence-corrected chi connectivity index (χ2v) is 7.77. The van der Waals surface area contributed by atoms with Gasteiger partial charge in [-0.1, -0.05) is 18.5 Å². The Kier molecular flexibility index (Phi) is 4.97. The smallest absolute Gasteiger partial charge is 0.160 e. The van der Waals surface area contributed by atoms with E-state index in [0.717, 1.165) is 28.7 Å². The van der Waals surface area contributed by atoms with Crippen molar-refractivity contribution in [2.24, 2.45) is 0 Å². The summed E-state index contributed by atoms with van der Waals surface area (Å²) >= 11 is 14.1. The highest BCUT2D eigenvalue weighted by atomic mass is 35.5. The fourth-order valence-electron chi connectivity index (χ4n) is 3.19. The number of alkyl halides is 1. The first-order valence-corrected chi connectivity index (χ1v) is 9.39. The predicted molar refractivity (Wildman–Crippen MR) is 91.8 cm³/mol. The molecule has 0 spiro atoms. The Morgan fingerprint density at radius 2 is 2.29 bits per heavy atom. The molecular formula is C15H19Cl2N3S. The van der Waals surface area contributed by atoms with Crippen LogP contribution in [0.3, 0.4) is 0 Å². The molecule has 1 saturated carbocycles. The number of aryl methyl sites for hydroxylation is 1. The van der Waals surface area contributed by atoms with Crippen LogP contribution in [-0.4, -0.2) is 31.4 Å². The highest BCUT2D eigenvalue weighted by Gasteiger charge is 2.29. The molecule has 0 bridgehead atoms. The van der Waals surface area contributed by atoms with Gasteiger partial charge in [0.15, 0.2) is 5.65 Å². The molecule has 114 valence electrons. The van der Waals surface area contributed by atoms with Gasteiger partial charge >= 0.3 is 0 Å². The van der Waals surface area contributed by atoms with E-state index < -0.39 is 0 Å². The number of hydrogen-bond acceptors (Lipinski definition) is 3. The van der Waals surface area contributed by atoms with Gasteiger partial charge in [0, 0.05) is 29.8 Å². The van der Waals surface area contributed by atoms with Crippen LogP contribution in [0.5, 0.6) is 0 Å². The van der Waals surface area contributed by atoms with Gasteiger partial charge in [0.05, 0.1) is 5.02 Å². The molecule has 0 aliphatic heterocycles. The molecule has 3 nitrogen and oxygen atoms in total. The van der Waals surface area contributed by atoms with Crippen molar-refractivity contribution in [3.05, 3.63) is 23.1 Å². The molecule has 2 atom stereocenters. The van der Waals surface area contributed by atoms with Crippen LogP contribution in [0.15, 0.2) is 12.3 Å². The quantitative estimate of drug-likeness (QED) is 0.736. The van der Waals surface area contributed by atoms with Crippen molar-refractivity contribution < 1.29 is 0 Å². The van der Waals surface area contributed by atoms with Crippen LogP contribution in [0.2, 0.25) is 5.02 Å². The van der Waals surface area contributed by atoms with E-state index in [2.05, 4.69) is 28.2 Å². The van der Waals surface area contributed by atoms with Crippen LogP contribution < -0.4 is 0 Å². The molecule has 0 N–H and O–H groups in total. The highest BCUT2D eigenvalue weighted by molar-refractivity contribution is 7.99. The van der Waals surface area contributed by atoms with Crippen molar-refractivity contribution in [1.29, 1.82) is 0 Å². The van der Waals surface area contributed by atoms with Gasteiger partial charge in [0.2, 0.25) is 0 Å². The number of hydrogen-bond donors (Lipinski definition) is 0. The summed E-state index contributed by atoms with van der Waals surface area (Å²) in [7, 11) is 0. The lowest BCUT2D eigenvalue weighted by Crippen LogP contribution is -2.11. The minimum atomic E-state index is 0.492. The number of aromatic nitrogens is 3. The van der Waals surface area contributed by atoms with E-state index >= 15 is 0 Å². The summed E-state index contributed by atoms with van der Waals surface area (Å²) in [5.74, 6) is 2.81. The van der Waals surface area contributed by atoms with E-state index in [-0.39, 0.29) is 0 Å². The van der Waals surface area contributed by atoms with Crippen LogP contribution in [0.25, 0.3) is 11.2 Å². The summed E-state index contributed by atoms with van der Waals surface area (Å²) in [4.78, 5) is 9.22. The molecule has 0 aromatic carbocycles. The van der Waals surface area contributed by atoms with Gasteiger partial charge in [-0.15, -0.1) is 11.6 Å². The standard InChI is InChI=1S/C15H19Cl2N3S/c1-2-21-12-4-3-11(8-12)20-14(5-6-16)19-13-7-10(17)9-18-15(13)20/h7,9,11-12H,2-6,8H2,1H3. The zero-order chi connectivity index (χ0) is 14.8. The van der Waals surface area contributed by atoms with Gasteiger partial charge in [-0.2, -0.15) is 11.8 Å². The molecule has 21 heavy (non-hydrogen) atoms. The van der Waals surface area contributed by atoms with E-state index in [9.17, 15) is 0 Å². The lowest BCUT2D eigenvalue weighted by molar-refractivity contribution is 0.511. The first-order valence-electron chi connectivity index (χ1n) is 7.42. The summed E-state index contributed by atoms with van der Waals surface area (Å²) in [5.41, 5.74) is 1.83. The highest BCUT2D eigenvalue weighted by Crippen LogP contribution is 2.39. The monoisotopic (exact) mass is 343 g/mol. The molecule has 2 aromatic heterocycles. The SMILES string of the molecule is CCSC1CCC(n2c(CCCl)nc3cc(Cl)cnc32)C1. The number of thioether (sulfide) groups is 1. The number of imidazole rings is 1. The normalized spacial score (nSPS) is 22.2. The van der Waals surface area contributed by atoms with Crippen molar-refractivity contribution >= 4 is 46.1 Å². The Morgan fingerprint density at radius 3 is 3.05 bits per heavy atom. The van der Waals surface area contributed by atoms with E-state index in [0.29, 0.717) is 16.9 Å². The zero-order valence-electron chi connectivity index (χ0n) is 12.1. The molecule has 0 amide bonds. The van der Waals surface area contributed by atoms with Crippen molar-refractivity contribution in [2.75, 3.05) is 11.6 Å². The maximum absolute atomic E-state index is 6.04. The van der Waals surface area contributed by atoms with Crippen molar-refractivity contribution in [1.82, 2.24) is 14.5 Å². The minimum absolute atomic E-state index is 0.492. The fourth-order valence-corrected chi connectivity index (χ4v) is 4.64. The summed E-state index contributed by atoms with van der Waals surface area (Å²) in [6, 6.07) is 2.39. The topological polar surface area (TPSA) is 30.7 Å². The molecule has 2 unspecified atom stereocenters. The third-order valence-corrected chi connectivity index (χ3v) is 5.64. The minimum Gasteiger partial charge on any atom is -0.310 e. The molecular weight excluding hydrogens is 325 g/mol. The van der Waals surface area contributed by atoms with Crippen LogP contribution in [0.1, 0.15) is 38.1 Å². The third-order valence-electron chi connectivity index (χ3n) is 4.01. The molecule has 2 aromatic rings. The Hall–Kier alpha value is -0.450. The molecule has 1 fully saturated rings. The summed E-state index contributed by atoms with van der Waals surface area (Å²) in [6.07, 6.45) is 6.15. The number of rotatable bonds is 5. The second-order valence-electron chi connectivity index (χ2n) is 5.38. The first kappa shape index (κ1) is 15.4. The van der Waals surface area contributed by atoms with Gasteiger partial charge < -0.3 is 4.57 Å². The van der Waals surface area contributed by atoms with E-state index in [1.165, 1.54) is 25.0 Å². The lowest BCUT2D eigenvalue weighted by Gasteiger charge is -2.16. The molecule has 3 rings (SSSR count). The largest absolute Gasteiger partial charge is 0.310 e. The van der Waals surface area contributed by atoms with Gasteiger partial charge in [-0.25, -0.2) is 9.97 Å². The second kappa shape index (κ2) is 6.76. The Balaban J connectivity index is 1.97. The summed E-state index contributed by atoms with van der Waals surface area (Å²) in [5, 5.41) is 1.39. The van der Waals surface area contributed by atoms with Crippen LogP contribution in [-0.2, 0) is 6.42 Å². The van der Waals surface area contributed by atoms with Crippen LogP contribution in [0, 0.1) is 0 Å². The zero-order valence-corrected chi connectivity index (χ0v) is 14.4. The van der Waals surface area contributed by atoms with Crippen LogP contribution >= 0.6 is 35.0 Å². The van der Waals surface area contributed by atoms with Crippen LogP contribution in [0.4, 0.5) is 0 Å².